The van der Waals surface area contributed by atoms with E-state index in [1.165, 1.54) is 15.3 Å². The van der Waals surface area contributed by atoms with Crippen LogP contribution < -0.4 is 0 Å². The highest BCUT2D eigenvalue weighted by Crippen LogP contribution is 2.21. The molecule has 0 radical (unpaired) electrons. The van der Waals surface area contributed by atoms with Crippen molar-refractivity contribution >= 4 is 23.4 Å². The number of thiophene rings is 1. The number of piperazine rings is 1. The van der Waals surface area contributed by atoms with Crippen molar-refractivity contribution in [3.05, 3.63) is 21.9 Å². The van der Waals surface area contributed by atoms with Gasteiger partial charge in [0.25, 0.3) is 0 Å². The summed E-state index contributed by atoms with van der Waals surface area (Å²) in [7, 11) is 0. The van der Waals surface area contributed by atoms with Gasteiger partial charge in [-0.05, 0) is 44.7 Å². The summed E-state index contributed by atoms with van der Waals surface area (Å²) in [6, 6.07) is 1.19. The minimum Gasteiger partial charge on any atom is -0.480 e. The van der Waals surface area contributed by atoms with E-state index in [2.05, 4.69) is 17.9 Å². The first kappa shape index (κ1) is 17.7. The Balaban J connectivity index is 2.04. The van der Waals surface area contributed by atoms with Crippen molar-refractivity contribution in [3.63, 3.8) is 0 Å². The predicted molar refractivity (Wildman–Crippen MR) is 88.7 cm³/mol. The summed E-state index contributed by atoms with van der Waals surface area (Å²) < 4.78 is 5.32. The van der Waals surface area contributed by atoms with Gasteiger partial charge in [0.2, 0.25) is 0 Å². The van der Waals surface area contributed by atoms with E-state index >= 15 is 0 Å². The second-order valence-electron chi connectivity index (χ2n) is 6.76. The zero-order valence-electron chi connectivity index (χ0n) is 14.0. The van der Waals surface area contributed by atoms with Crippen molar-refractivity contribution in [2.75, 3.05) is 19.6 Å². The van der Waals surface area contributed by atoms with Crippen LogP contribution in [0.15, 0.2) is 11.4 Å². The number of carbonyl (C=O) groups excluding carboxylic acids is 1. The summed E-state index contributed by atoms with van der Waals surface area (Å²) in [6.07, 6.45) is -0.559. The van der Waals surface area contributed by atoms with Gasteiger partial charge in [0.15, 0.2) is 0 Å². The first-order chi connectivity index (χ1) is 10.7. The van der Waals surface area contributed by atoms with E-state index in [1.54, 1.807) is 32.1 Å². The number of aryl methyl sites for hydroxylation is 1. The molecule has 1 fully saturated rings. The van der Waals surface area contributed by atoms with Crippen LogP contribution in [0, 0.1) is 6.92 Å². The Morgan fingerprint density at radius 1 is 1.39 bits per heavy atom. The molecular weight excluding hydrogens is 316 g/mol. The quantitative estimate of drug-likeness (QED) is 0.916. The number of carboxylic acids is 1. The molecule has 1 aliphatic rings. The van der Waals surface area contributed by atoms with Gasteiger partial charge >= 0.3 is 12.1 Å². The molecule has 1 aromatic rings. The molecule has 1 unspecified atom stereocenters. The minimum atomic E-state index is -0.998. The van der Waals surface area contributed by atoms with Gasteiger partial charge in [-0.15, -0.1) is 11.3 Å². The molecule has 0 bridgehead atoms. The Labute approximate surface area is 140 Å². The van der Waals surface area contributed by atoms with Crippen LogP contribution in [0.5, 0.6) is 0 Å². The van der Waals surface area contributed by atoms with Crippen LogP contribution in [0.1, 0.15) is 31.2 Å². The fraction of sp³-hybridized carbons (Fsp3) is 0.625. The largest absolute Gasteiger partial charge is 0.480 e. The summed E-state index contributed by atoms with van der Waals surface area (Å²) in [4.78, 5) is 28.4. The fourth-order valence-corrected chi connectivity index (χ4v) is 3.27. The van der Waals surface area contributed by atoms with E-state index in [0.29, 0.717) is 26.2 Å². The van der Waals surface area contributed by atoms with Crippen LogP contribution in [0.4, 0.5) is 4.79 Å². The number of carbonyl (C=O) groups is 2. The lowest BCUT2D eigenvalue weighted by atomic mass is 10.1. The molecule has 1 aliphatic heterocycles. The molecule has 2 heterocycles. The van der Waals surface area contributed by atoms with Crippen LogP contribution in [0.25, 0.3) is 0 Å². The zero-order valence-corrected chi connectivity index (χ0v) is 14.9. The van der Waals surface area contributed by atoms with Crippen molar-refractivity contribution in [1.29, 1.82) is 0 Å². The van der Waals surface area contributed by atoms with Crippen LogP contribution in [0.3, 0.4) is 0 Å². The number of rotatable bonds is 3. The molecule has 1 amide bonds. The van der Waals surface area contributed by atoms with E-state index < -0.39 is 23.7 Å². The maximum absolute atomic E-state index is 12.2. The molecular formula is C16H24N2O4S. The third-order valence-corrected chi connectivity index (χ3v) is 4.63. The Morgan fingerprint density at radius 2 is 2.09 bits per heavy atom. The summed E-state index contributed by atoms with van der Waals surface area (Å²) in [5, 5.41) is 11.5. The van der Waals surface area contributed by atoms with Gasteiger partial charge in [0.05, 0.1) is 0 Å². The van der Waals surface area contributed by atoms with Gasteiger partial charge in [-0.3, -0.25) is 9.80 Å². The van der Waals surface area contributed by atoms with E-state index in [1.807, 2.05) is 5.38 Å². The van der Waals surface area contributed by atoms with Gasteiger partial charge in [-0.25, -0.2) is 9.59 Å². The highest BCUT2D eigenvalue weighted by Gasteiger charge is 2.37. The summed E-state index contributed by atoms with van der Waals surface area (Å²) in [5.41, 5.74) is 0.579. The first-order valence-corrected chi connectivity index (χ1v) is 8.53. The molecule has 128 valence electrons. The van der Waals surface area contributed by atoms with E-state index in [4.69, 9.17) is 4.74 Å². The van der Waals surface area contributed by atoms with Crippen molar-refractivity contribution in [2.45, 2.75) is 45.9 Å². The lowest BCUT2D eigenvalue weighted by Crippen LogP contribution is -2.58. The Bertz CT molecular complexity index is 579. The second kappa shape index (κ2) is 6.88. The number of nitrogens with zero attached hydrogens (tertiary/aromatic N) is 2. The molecule has 6 nitrogen and oxygen atoms in total. The molecule has 2 rings (SSSR count). The maximum Gasteiger partial charge on any atom is 0.411 e. The highest BCUT2D eigenvalue weighted by atomic mass is 32.1. The average Bonchev–Trinajstić information content (AvgIpc) is 2.82. The fourth-order valence-electron chi connectivity index (χ4n) is 2.55. The SMILES string of the molecule is Cc1sccc1CN1CCN(C(=O)OC(C)(C)C)C(C(=O)O)C1. The molecule has 1 atom stereocenters. The number of aliphatic carboxylic acids is 1. The van der Waals surface area contributed by atoms with Gasteiger partial charge < -0.3 is 9.84 Å². The molecule has 0 saturated carbocycles. The molecule has 0 aromatic carbocycles. The van der Waals surface area contributed by atoms with Gasteiger partial charge in [-0.2, -0.15) is 0 Å². The predicted octanol–water partition coefficient (Wildman–Crippen LogP) is 2.56. The molecule has 23 heavy (non-hydrogen) atoms. The first-order valence-electron chi connectivity index (χ1n) is 7.65. The molecule has 1 saturated heterocycles. The van der Waals surface area contributed by atoms with E-state index in [9.17, 15) is 14.7 Å². The normalized spacial score (nSPS) is 19.7. The van der Waals surface area contributed by atoms with Crippen LogP contribution in [0.2, 0.25) is 0 Å². The molecule has 0 spiro atoms. The summed E-state index contributed by atoms with van der Waals surface area (Å²) in [5.74, 6) is -0.998. The number of hydrogen-bond acceptors (Lipinski definition) is 5. The molecule has 1 aromatic heterocycles. The van der Waals surface area contributed by atoms with E-state index in [0.717, 1.165) is 0 Å². The second-order valence-corrected chi connectivity index (χ2v) is 7.89. The highest BCUT2D eigenvalue weighted by molar-refractivity contribution is 7.10. The Hall–Kier alpha value is -1.60. The van der Waals surface area contributed by atoms with E-state index in [-0.39, 0.29) is 0 Å². The lowest BCUT2D eigenvalue weighted by molar-refractivity contribution is -0.145. The number of carboxylic acid groups (broad SMARTS) is 1. The van der Waals surface area contributed by atoms with Gasteiger partial charge in [0, 0.05) is 31.1 Å². The third-order valence-electron chi connectivity index (χ3n) is 3.74. The van der Waals surface area contributed by atoms with Crippen LogP contribution >= 0.6 is 11.3 Å². The summed E-state index contributed by atoms with van der Waals surface area (Å²) in [6.45, 7) is 9.40. The molecule has 0 aliphatic carbocycles. The van der Waals surface area contributed by atoms with Gasteiger partial charge in [0.1, 0.15) is 11.6 Å². The minimum absolute atomic E-state index is 0.309. The summed E-state index contributed by atoms with van der Waals surface area (Å²) >= 11 is 1.68. The number of amides is 1. The number of hydrogen-bond donors (Lipinski definition) is 1. The molecule has 7 heteroatoms. The van der Waals surface area contributed by atoms with Gasteiger partial charge in [-0.1, -0.05) is 0 Å². The van der Waals surface area contributed by atoms with Crippen LogP contribution in [-0.4, -0.2) is 58.2 Å². The van der Waals surface area contributed by atoms with Crippen molar-refractivity contribution in [1.82, 2.24) is 9.80 Å². The maximum atomic E-state index is 12.2. The average molecular weight is 340 g/mol. The van der Waals surface area contributed by atoms with Crippen molar-refractivity contribution < 1.29 is 19.4 Å². The molecule has 1 N–H and O–H groups in total. The Morgan fingerprint density at radius 3 is 2.61 bits per heavy atom. The monoisotopic (exact) mass is 340 g/mol. The standard InChI is InChI=1S/C16H24N2O4S/c1-11-12(5-8-23-11)9-17-6-7-18(13(10-17)14(19)20)15(21)22-16(2,3)4/h5,8,13H,6-7,9-10H2,1-4H3,(H,19,20). The number of ether oxygens (including phenoxy) is 1. The van der Waals surface area contributed by atoms with Crippen molar-refractivity contribution in [3.8, 4) is 0 Å². The Kier molecular flexibility index (Phi) is 5.31. The zero-order chi connectivity index (χ0) is 17.2. The lowest BCUT2D eigenvalue weighted by Gasteiger charge is -2.39. The third kappa shape index (κ3) is 4.68. The topological polar surface area (TPSA) is 70.1 Å². The smallest absolute Gasteiger partial charge is 0.411 e. The van der Waals surface area contributed by atoms with Crippen LogP contribution in [-0.2, 0) is 16.1 Å². The van der Waals surface area contributed by atoms with Crippen molar-refractivity contribution in [2.24, 2.45) is 0 Å².